The summed E-state index contributed by atoms with van der Waals surface area (Å²) < 4.78 is 31.2. The van der Waals surface area contributed by atoms with Crippen LogP contribution in [0.1, 0.15) is 12.5 Å². The zero-order valence-corrected chi connectivity index (χ0v) is 12.9. The van der Waals surface area contributed by atoms with Crippen molar-refractivity contribution in [2.75, 3.05) is 32.8 Å². The molecule has 1 heterocycles. The Hall–Kier alpha value is -1.44. The van der Waals surface area contributed by atoms with Crippen LogP contribution in [0, 0.1) is 0 Å². The smallest absolute Gasteiger partial charge is 0.310 e. The lowest BCUT2D eigenvalue weighted by Gasteiger charge is -2.26. The van der Waals surface area contributed by atoms with Crippen LogP contribution in [0.5, 0.6) is 0 Å². The predicted octanol–water partition coefficient (Wildman–Crippen LogP) is 0.386. The fraction of sp³-hybridized carbons (Fsp3) is 0.500. The molecule has 116 valence electrons. The molecule has 0 unspecified atom stereocenters. The number of hydrogen-bond donors (Lipinski definition) is 1. The molecule has 1 aliphatic rings. The van der Waals surface area contributed by atoms with Crippen LogP contribution in [0.2, 0.25) is 0 Å². The van der Waals surface area contributed by atoms with Gasteiger partial charge < -0.3 is 10.1 Å². The van der Waals surface area contributed by atoms with Crippen molar-refractivity contribution in [2.45, 2.75) is 18.2 Å². The molecule has 21 heavy (non-hydrogen) atoms. The molecule has 1 saturated heterocycles. The molecular formula is C14H20N2O4S. The van der Waals surface area contributed by atoms with Gasteiger partial charge in [0.25, 0.3) is 0 Å². The Balaban J connectivity index is 2.09. The minimum absolute atomic E-state index is 0.155. The van der Waals surface area contributed by atoms with Crippen LogP contribution >= 0.6 is 0 Å². The molecule has 0 radical (unpaired) electrons. The Morgan fingerprint density at radius 2 is 1.86 bits per heavy atom. The molecule has 0 aromatic heterocycles. The van der Waals surface area contributed by atoms with Crippen molar-refractivity contribution < 1.29 is 17.9 Å². The van der Waals surface area contributed by atoms with E-state index in [2.05, 4.69) is 5.32 Å². The number of ether oxygens (including phenoxy) is 1. The molecule has 1 aliphatic heterocycles. The van der Waals surface area contributed by atoms with Crippen molar-refractivity contribution in [3.8, 4) is 0 Å². The molecule has 1 fully saturated rings. The monoisotopic (exact) mass is 312 g/mol. The van der Waals surface area contributed by atoms with E-state index in [1.54, 1.807) is 31.2 Å². The topological polar surface area (TPSA) is 75.7 Å². The number of nitrogens with one attached hydrogen (secondary N) is 1. The summed E-state index contributed by atoms with van der Waals surface area (Å²) in [5, 5.41) is 3.12. The molecule has 0 spiro atoms. The van der Waals surface area contributed by atoms with Crippen LogP contribution in [0.15, 0.2) is 29.2 Å². The summed E-state index contributed by atoms with van der Waals surface area (Å²) in [6.07, 6.45) is 0.155. The molecule has 0 atom stereocenters. The third-order valence-corrected chi connectivity index (χ3v) is 5.20. The number of esters is 1. The van der Waals surface area contributed by atoms with E-state index in [0.717, 1.165) is 5.56 Å². The van der Waals surface area contributed by atoms with Crippen LogP contribution in [0.3, 0.4) is 0 Å². The number of hydrogen-bond acceptors (Lipinski definition) is 5. The van der Waals surface area contributed by atoms with Crippen molar-refractivity contribution in [3.05, 3.63) is 29.8 Å². The first kappa shape index (κ1) is 15.9. The number of carbonyl (C=O) groups excluding carboxylic acids is 1. The van der Waals surface area contributed by atoms with Crippen LogP contribution in [0.25, 0.3) is 0 Å². The first-order valence-corrected chi connectivity index (χ1v) is 8.43. The van der Waals surface area contributed by atoms with Gasteiger partial charge in [0, 0.05) is 26.2 Å². The molecule has 2 rings (SSSR count). The maximum Gasteiger partial charge on any atom is 0.310 e. The van der Waals surface area contributed by atoms with Gasteiger partial charge in [-0.15, -0.1) is 0 Å². The second-order valence-electron chi connectivity index (χ2n) is 4.78. The van der Waals surface area contributed by atoms with E-state index in [4.69, 9.17) is 4.74 Å². The Bertz CT molecular complexity index is 577. The highest BCUT2D eigenvalue weighted by atomic mass is 32.2. The van der Waals surface area contributed by atoms with Gasteiger partial charge in [0.2, 0.25) is 10.0 Å². The van der Waals surface area contributed by atoms with Gasteiger partial charge >= 0.3 is 5.97 Å². The van der Waals surface area contributed by atoms with Crippen LogP contribution < -0.4 is 5.32 Å². The van der Waals surface area contributed by atoms with Crippen LogP contribution in [-0.2, 0) is 26.0 Å². The Labute approximate surface area is 125 Å². The summed E-state index contributed by atoms with van der Waals surface area (Å²) in [5.74, 6) is -0.310. The summed E-state index contributed by atoms with van der Waals surface area (Å²) in [5.41, 5.74) is 0.743. The number of sulfonamides is 1. The predicted molar refractivity (Wildman–Crippen MR) is 78.4 cm³/mol. The maximum absolute atomic E-state index is 12.4. The normalized spacial score (nSPS) is 16.6. The van der Waals surface area contributed by atoms with E-state index in [0.29, 0.717) is 32.8 Å². The van der Waals surface area contributed by atoms with Gasteiger partial charge in [-0.2, -0.15) is 4.31 Å². The van der Waals surface area contributed by atoms with Crippen LogP contribution in [0.4, 0.5) is 0 Å². The summed E-state index contributed by atoms with van der Waals surface area (Å²) in [6.45, 7) is 4.38. The van der Waals surface area contributed by atoms with Gasteiger partial charge in [-0.1, -0.05) is 12.1 Å². The Morgan fingerprint density at radius 1 is 1.24 bits per heavy atom. The van der Waals surface area contributed by atoms with Gasteiger partial charge in [-0.25, -0.2) is 8.42 Å². The van der Waals surface area contributed by atoms with Crippen molar-refractivity contribution in [1.29, 1.82) is 0 Å². The SMILES string of the molecule is CCOC(=O)Cc1ccc(S(=O)(=O)N2CCNCC2)cc1. The summed E-state index contributed by atoms with van der Waals surface area (Å²) in [6, 6.07) is 6.41. The van der Waals surface area contributed by atoms with E-state index in [9.17, 15) is 13.2 Å². The molecule has 0 saturated carbocycles. The molecule has 0 bridgehead atoms. The largest absolute Gasteiger partial charge is 0.466 e. The van der Waals surface area contributed by atoms with Gasteiger partial charge in [0.1, 0.15) is 0 Å². The first-order chi connectivity index (χ1) is 10.0. The molecule has 1 N–H and O–H groups in total. The molecule has 1 aromatic rings. The van der Waals surface area contributed by atoms with E-state index in [-0.39, 0.29) is 17.3 Å². The Morgan fingerprint density at radius 3 is 2.43 bits per heavy atom. The fourth-order valence-corrected chi connectivity index (χ4v) is 3.63. The van der Waals surface area contributed by atoms with E-state index in [1.807, 2.05) is 0 Å². The summed E-state index contributed by atoms with van der Waals surface area (Å²) in [7, 11) is -3.44. The lowest BCUT2D eigenvalue weighted by atomic mass is 10.1. The number of benzene rings is 1. The van der Waals surface area contributed by atoms with Gasteiger partial charge in [-0.05, 0) is 24.6 Å². The molecule has 0 amide bonds. The summed E-state index contributed by atoms with van der Waals surface area (Å²) >= 11 is 0. The molecule has 7 heteroatoms. The zero-order chi connectivity index (χ0) is 15.3. The number of rotatable bonds is 5. The maximum atomic E-state index is 12.4. The van der Waals surface area contributed by atoms with Gasteiger partial charge in [0.05, 0.1) is 17.9 Å². The molecule has 0 aliphatic carbocycles. The van der Waals surface area contributed by atoms with Crippen molar-refractivity contribution in [2.24, 2.45) is 0 Å². The number of nitrogens with zero attached hydrogens (tertiary/aromatic N) is 1. The van der Waals surface area contributed by atoms with Crippen molar-refractivity contribution in [3.63, 3.8) is 0 Å². The van der Waals surface area contributed by atoms with Gasteiger partial charge in [-0.3, -0.25) is 4.79 Å². The van der Waals surface area contributed by atoms with Crippen LogP contribution in [-0.4, -0.2) is 51.5 Å². The second-order valence-corrected chi connectivity index (χ2v) is 6.72. The van der Waals surface area contributed by atoms with Crippen molar-refractivity contribution in [1.82, 2.24) is 9.62 Å². The quantitative estimate of drug-likeness (QED) is 0.796. The third-order valence-electron chi connectivity index (χ3n) is 3.29. The average molecular weight is 312 g/mol. The Kier molecular flexibility index (Phi) is 5.33. The lowest BCUT2D eigenvalue weighted by molar-refractivity contribution is -0.142. The highest BCUT2D eigenvalue weighted by molar-refractivity contribution is 7.89. The minimum Gasteiger partial charge on any atom is -0.466 e. The number of carbonyl (C=O) groups is 1. The molecule has 6 nitrogen and oxygen atoms in total. The van der Waals surface area contributed by atoms with E-state index >= 15 is 0 Å². The zero-order valence-electron chi connectivity index (χ0n) is 12.0. The molecule has 1 aromatic carbocycles. The third kappa shape index (κ3) is 4.03. The lowest BCUT2D eigenvalue weighted by Crippen LogP contribution is -2.46. The highest BCUT2D eigenvalue weighted by Gasteiger charge is 2.25. The molecular weight excluding hydrogens is 292 g/mol. The first-order valence-electron chi connectivity index (χ1n) is 6.99. The van der Waals surface area contributed by atoms with E-state index < -0.39 is 10.0 Å². The van der Waals surface area contributed by atoms with E-state index in [1.165, 1.54) is 4.31 Å². The summed E-state index contributed by atoms with van der Waals surface area (Å²) in [4.78, 5) is 11.6. The number of piperazine rings is 1. The van der Waals surface area contributed by atoms with Crippen molar-refractivity contribution >= 4 is 16.0 Å². The van der Waals surface area contributed by atoms with Gasteiger partial charge in [0.15, 0.2) is 0 Å². The second kappa shape index (κ2) is 7.02. The highest BCUT2D eigenvalue weighted by Crippen LogP contribution is 2.17. The fourth-order valence-electron chi connectivity index (χ4n) is 2.19. The average Bonchev–Trinajstić information content (AvgIpc) is 2.49. The minimum atomic E-state index is -3.44. The standard InChI is InChI=1S/C14H20N2O4S/c1-2-20-14(17)11-12-3-5-13(6-4-12)21(18,19)16-9-7-15-8-10-16/h3-6,15H,2,7-11H2,1H3.